The molecule has 1 aromatic carbocycles. The van der Waals surface area contributed by atoms with Crippen LogP contribution in [0, 0.1) is 0 Å². The second-order valence-electron chi connectivity index (χ2n) is 4.81. The van der Waals surface area contributed by atoms with E-state index < -0.39 is 48.9 Å². The van der Waals surface area contributed by atoms with Crippen molar-refractivity contribution in [2.45, 2.75) is 15.2 Å². The van der Waals surface area contributed by atoms with Crippen LogP contribution in [0.15, 0.2) is 44.8 Å². The van der Waals surface area contributed by atoms with E-state index in [1.807, 2.05) is 0 Å². The molecule has 0 saturated carbocycles. The van der Waals surface area contributed by atoms with Crippen LogP contribution in [-0.4, -0.2) is 45.5 Å². The van der Waals surface area contributed by atoms with E-state index >= 15 is 0 Å². The van der Waals surface area contributed by atoms with E-state index in [0.717, 1.165) is 17.4 Å². The zero-order valence-electron chi connectivity index (χ0n) is 12.1. The molecule has 0 bridgehead atoms. The summed E-state index contributed by atoms with van der Waals surface area (Å²) < 4.78 is 50.4. The van der Waals surface area contributed by atoms with Crippen LogP contribution < -0.4 is 4.72 Å². The third-order valence-corrected chi connectivity index (χ3v) is 8.01. The van der Waals surface area contributed by atoms with Crippen LogP contribution in [0.3, 0.4) is 0 Å². The van der Waals surface area contributed by atoms with E-state index in [9.17, 15) is 27.0 Å². The van der Waals surface area contributed by atoms with Crippen molar-refractivity contribution >= 4 is 42.8 Å². The summed E-state index contributed by atoms with van der Waals surface area (Å²) in [5, 5.41) is 21.0. The maximum absolute atomic E-state index is 12.1. The molecule has 0 spiro atoms. The molecule has 11 heteroatoms. The summed E-state index contributed by atoms with van der Waals surface area (Å²) in [7, 11) is -7.85. The number of halogens is 1. The van der Waals surface area contributed by atoms with E-state index in [1.165, 1.54) is 18.2 Å². The van der Waals surface area contributed by atoms with Gasteiger partial charge in [-0.15, -0.1) is 11.3 Å². The molecular formula is C13H14ClNO6S3. The van der Waals surface area contributed by atoms with Crippen molar-refractivity contribution in [3.8, 4) is 5.75 Å². The molecule has 2 aromatic rings. The highest BCUT2D eigenvalue weighted by Crippen LogP contribution is 2.30. The standard InChI is InChI=1S/C13H14ClNO6S3/c14-10-3-1-4-11(13(10)17)24(20,21)15-7-9(16)8-23(18,19)12-5-2-6-22-12/h1-6,9,15-17H,7-8H2. The maximum Gasteiger partial charge on any atom is 0.244 e. The lowest BCUT2D eigenvalue weighted by Gasteiger charge is -2.13. The summed E-state index contributed by atoms with van der Waals surface area (Å²) in [6.45, 7) is -0.529. The second-order valence-corrected chi connectivity index (χ2v) is 10.2. The molecule has 0 saturated heterocycles. The molecule has 0 amide bonds. The van der Waals surface area contributed by atoms with Gasteiger partial charge in [0.25, 0.3) is 0 Å². The van der Waals surface area contributed by atoms with E-state index in [4.69, 9.17) is 11.6 Å². The summed E-state index contributed by atoms with van der Waals surface area (Å²) in [5.41, 5.74) is 0. The summed E-state index contributed by atoms with van der Waals surface area (Å²) in [4.78, 5) is -0.455. The molecule has 3 N–H and O–H groups in total. The molecule has 1 unspecified atom stereocenters. The molecular weight excluding hydrogens is 398 g/mol. The van der Waals surface area contributed by atoms with E-state index in [0.29, 0.717) is 0 Å². The van der Waals surface area contributed by atoms with Gasteiger partial charge in [0.05, 0.1) is 16.9 Å². The summed E-state index contributed by atoms with van der Waals surface area (Å²) in [5.74, 6) is -1.25. The molecule has 0 aliphatic heterocycles. The molecule has 132 valence electrons. The van der Waals surface area contributed by atoms with Gasteiger partial charge in [0.2, 0.25) is 10.0 Å². The molecule has 7 nitrogen and oxygen atoms in total. The fourth-order valence-corrected chi connectivity index (χ4v) is 5.73. The number of para-hydroxylation sites is 1. The highest BCUT2D eigenvalue weighted by Gasteiger charge is 2.24. The maximum atomic E-state index is 12.1. The number of sulfone groups is 1. The Labute approximate surface area is 148 Å². The fourth-order valence-electron chi connectivity index (χ4n) is 1.83. The average molecular weight is 412 g/mol. The van der Waals surface area contributed by atoms with Crippen molar-refractivity contribution < 1.29 is 27.0 Å². The first kappa shape index (κ1) is 19.2. The zero-order chi connectivity index (χ0) is 18.0. The Morgan fingerprint density at radius 2 is 1.88 bits per heavy atom. The highest BCUT2D eigenvalue weighted by atomic mass is 35.5. The van der Waals surface area contributed by atoms with Crippen molar-refractivity contribution in [3.05, 3.63) is 40.7 Å². The van der Waals surface area contributed by atoms with Crippen LogP contribution in [0.4, 0.5) is 0 Å². The number of sulfonamides is 1. The minimum Gasteiger partial charge on any atom is -0.505 e. The third-order valence-electron chi connectivity index (χ3n) is 2.96. The molecule has 0 aliphatic carbocycles. The lowest BCUT2D eigenvalue weighted by atomic mass is 10.3. The van der Waals surface area contributed by atoms with Crippen molar-refractivity contribution in [1.82, 2.24) is 4.72 Å². The smallest absolute Gasteiger partial charge is 0.244 e. The number of aliphatic hydroxyl groups excluding tert-OH is 1. The van der Waals surface area contributed by atoms with Gasteiger partial charge in [-0.1, -0.05) is 23.7 Å². The molecule has 1 heterocycles. The number of aliphatic hydroxyl groups is 1. The van der Waals surface area contributed by atoms with E-state index in [1.54, 1.807) is 11.4 Å². The van der Waals surface area contributed by atoms with Crippen LogP contribution in [0.2, 0.25) is 5.02 Å². The topological polar surface area (TPSA) is 121 Å². The molecule has 24 heavy (non-hydrogen) atoms. The first-order valence-corrected chi connectivity index (χ1v) is 10.9. The number of nitrogens with one attached hydrogen (secondary N) is 1. The first-order chi connectivity index (χ1) is 11.1. The van der Waals surface area contributed by atoms with Gasteiger partial charge in [0.1, 0.15) is 9.10 Å². The zero-order valence-corrected chi connectivity index (χ0v) is 15.3. The first-order valence-electron chi connectivity index (χ1n) is 6.55. The van der Waals surface area contributed by atoms with Gasteiger partial charge in [-0.25, -0.2) is 21.6 Å². The Hall–Kier alpha value is -1.17. The highest BCUT2D eigenvalue weighted by molar-refractivity contribution is 7.93. The van der Waals surface area contributed by atoms with Crippen LogP contribution in [-0.2, 0) is 19.9 Å². The molecule has 0 radical (unpaired) electrons. The van der Waals surface area contributed by atoms with Crippen LogP contribution in [0.5, 0.6) is 5.75 Å². The van der Waals surface area contributed by atoms with Crippen molar-refractivity contribution in [2.24, 2.45) is 0 Å². The quantitative estimate of drug-likeness (QED) is 0.629. The Bertz CT molecular complexity index is 909. The van der Waals surface area contributed by atoms with Crippen LogP contribution in [0.25, 0.3) is 0 Å². The Morgan fingerprint density at radius 1 is 1.17 bits per heavy atom. The Kier molecular flexibility index (Phi) is 5.89. The van der Waals surface area contributed by atoms with Crippen molar-refractivity contribution in [2.75, 3.05) is 12.3 Å². The predicted octanol–water partition coefficient (Wildman–Crippen LogP) is 1.22. The molecule has 2 rings (SSSR count). The fraction of sp³-hybridized carbons (Fsp3) is 0.231. The molecule has 0 fully saturated rings. The number of phenolic OH excluding ortho intramolecular Hbond substituents is 1. The monoisotopic (exact) mass is 411 g/mol. The number of thiophene rings is 1. The van der Waals surface area contributed by atoms with Gasteiger partial charge in [-0.05, 0) is 23.6 Å². The minimum absolute atomic E-state index is 0.0943. The minimum atomic E-state index is -4.15. The largest absolute Gasteiger partial charge is 0.505 e. The number of hydrogen-bond donors (Lipinski definition) is 3. The van der Waals surface area contributed by atoms with E-state index in [-0.39, 0.29) is 9.23 Å². The summed E-state index contributed by atoms with van der Waals surface area (Å²) in [6.07, 6.45) is -1.45. The molecule has 0 aliphatic rings. The Morgan fingerprint density at radius 3 is 2.50 bits per heavy atom. The normalized spacial score (nSPS) is 13.8. The van der Waals surface area contributed by atoms with Gasteiger partial charge in [0, 0.05) is 6.54 Å². The lowest BCUT2D eigenvalue weighted by Crippen LogP contribution is -2.35. The average Bonchev–Trinajstić information content (AvgIpc) is 3.03. The number of aromatic hydroxyl groups is 1. The summed E-state index contributed by atoms with van der Waals surface area (Å²) in [6, 6.07) is 6.76. The molecule has 1 atom stereocenters. The van der Waals surface area contributed by atoms with Gasteiger partial charge in [0.15, 0.2) is 15.6 Å². The second kappa shape index (κ2) is 7.38. The van der Waals surface area contributed by atoms with Crippen molar-refractivity contribution in [1.29, 1.82) is 0 Å². The third kappa shape index (κ3) is 4.47. The van der Waals surface area contributed by atoms with Crippen LogP contribution in [0.1, 0.15) is 0 Å². The van der Waals surface area contributed by atoms with Gasteiger partial charge in [-0.3, -0.25) is 0 Å². The predicted molar refractivity (Wildman–Crippen MR) is 90.7 cm³/mol. The van der Waals surface area contributed by atoms with Gasteiger partial charge < -0.3 is 10.2 Å². The Balaban J connectivity index is 2.06. The van der Waals surface area contributed by atoms with Crippen LogP contribution >= 0.6 is 22.9 Å². The summed E-state index contributed by atoms with van der Waals surface area (Å²) >= 11 is 6.67. The van der Waals surface area contributed by atoms with Crippen molar-refractivity contribution in [3.63, 3.8) is 0 Å². The number of rotatable bonds is 7. The SMILES string of the molecule is O=S(=O)(CC(O)CNS(=O)(=O)c1cccc(Cl)c1O)c1cccs1. The number of phenols is 1. The lowest BCUT2D eigenvalue weighted by molar-refractivity contribution is 0.201. The van der Waals surface area contributed by atoms with Gasteiger partial charge >= 0.3 is 0 Å². The number of hydrogen-bond acceptors (Lipinski definition) is 7. The van der Waals surface area contributed by atoms with Gasteiger partial charge in [-0.2, -0.15) is 0 Å². The molecule has 1 aromatic heterocycles. The number of benzene rings is 1. The van der Waals surface area contributed by atoms with E-state index in [2.05, 4.69) is 4.72 Å².